The van der Waals surface area contributed by atoms with Crippen LogP contribution in [0.5, 0.6) is 0 Å². The minimum Gasteiger partial charge on any atom is -0.300 e. The topological polar surface area (TPSA) is 17.1 Å². The number of carbonyl (C=O) groups excluding carboxylic acids is 1. The summed E-state index contributed by atoms with van der Waals surface area (Å²) in [4.78, 5) is 11.0. The Morgan fingerprint density at radius 3 is 1.85 bits per heavy atom. The van der Waals surface area contributed by atoms with Crippen molar-refractivity contribution in [2.24, 2.45) is 10.8 Å². The third kappa shape index (κ3) is 5.84. The lowest BCUT2D eigenvalue weighted by Gasteiger charge is -2.33. The number of carbonyl (C=O) groups is 1. The zero-order valence-corrected chi connectivity index (χ0v) is 10.0. The number of hydrogen-bond donors (Lipinski definition) is 0. The zero-order valence-electron chi connectivity index (χ0n) is 10.0. The quantitative estimate of drug-likeness (QED) is 0.635. The van der Waals surface area contributed by atoms with Gasteiger partial charge in [0, 0.05) is 6.42 Å². The highest BCUT2D eigenvalue weighted by Crippen LogP contribution is 2.38. The van der Waals surface area contributed by atoms with Crippen molar-refractivity contribution in [3.05, 3.63) is 0 Å². The average molecular weight is 184 g/mol. The van der Waals surface area contributed by atoms with Crippen LogP contribution < -0.4 is 0 Å². The fraction of sp³-hybridized carbons (Fsp3) is 0.917. The molecule has 0 N–H and O–H groups in total. The van der Waals surface area contributed by atoms with Gasteiger partial charge in [0.05, 0.1) is 0 Å². The molecule has 0 aliphatic rings. The summed E-state index contributed by atoms with van der Waals surface area (Å²) in [6.45, 7) is 12.8. The summed E-state index contributed by atoms with van der Waals surface area (Å²) in [7, 11) is 0. The van der Waals surface area contributed by atoms with Crippen molar-refractivity contribution < 1.29 is 4.79 Å². The molecule has 0 bridgehead atoms. The molecule has 0 radical (unpaired) electrons. The third-order valence-corrected chi connectivity index (χ3v) is 2.64. The van der Waals surface area contributed by atoms with E-state index < -0.39 is 0 Å². The maximum atomic E-state index is 11.0. The van der Waals surface area contributed by atoms with Crippen LogP contribution in [0.3, 0.4) is 0 Å². The maximum Gasteiger partial charge on any atom is 0.130 e. The van der Waals surface area contributed by atoms with Crippen LogP contribution in [-0.2, 0) is 4.79 Å². The van der Waals surface area contributed by atoms with E-state index in [-0.39, 0.29) is 5.41 Å². The normalized spacial score (nSPS) is 13.1. The van der Waals surface area contributed by atoms with Crippen LogP contribution in [-0.4, -0.2) is 5.78 Å². The number of hydrogen-bond acceptors (Lipinski definition) is 1. The molecule has 0 aromatic heterocycles. The Morgan fingerprint density at radius 1 is 1.08 bits per heavy atom. The molecule has 0 amide bonds. The summed E-state index contributed by atoms with van der Waals surface area (Å²) in [6.07, 6.45) is 3.00. The zero-order chi connectivity index (χ0) is 10.7. The van der Waals surface area contributed by atoms with Crippen LogP contribution in [0, 0.1) is 10.8 Å². The highest BCUT2D eigenvalue weighted by molar-refractivity contribution is 5.76. The van der Waals surface area contributed by atoms with Crippen molar-refractivity contribution in [1.82, 2.24) is 0 Å². The second kappa shape index (κ2) is 4.26. The highest BCUT2D eigenvalue weighted by Gasteiger charge is 2.28. The van der Waals surface area contributed by atoms with Crippen LogP contribution in [0.4, 0.5) is 0 Å². The predicted molar refractivity (Wildman–Crippen MR) is 57.8 cm³/mol. The molecule has 0 saturated heterocycles. The lowest BCUT2D eigenvalue weighted by atomic mass is 9.72. The van der Waals surface area contributed by atoms with Gasteiger partial charge in [-0.1, -0.05) is 41.0 Å². The Balaban J connectivity index is 4.24. The number of Topliss-reactive ketones (excluding diaryl/α,β-unsaturated/α-hetero) is 1. The van der Waals surface area contributed by atoms with Crippen molar-refractivity contribution in [3.63, 3.8) is 0 Å². The first-order valence-electron chi connectivity index (χ1n) is 5.18. The molecule has 1 nitrogen and oxygen atoms in total. The first kappa shape index (κ1) is 12.7. The Labute approximate surface area is 82.9 Å². The highest BCUT2D eigenvalue weighted by atomic mass is 16.1. The molecule has 0 aliphatic carbocycles. The van der Waals surface area contributed by atoms with E-state index in [1.165, 1.54) is 6.42 Å². The second-order valence-corrected chi connectivity index (χ2v) is 5.74. The van der Waals surface area contributed by atoms with E-state index in [9.17, 15) is 4.79 Å². The first-order chi connectivity index (χ1) is 5.68. The minimum absolute atomic E-state index is 0.158. The van der Waals surface area contributed by atoms with Gasteiger partial charge in [-0.25, -0.2) is 0 Å². The van der Waals surface area contributed by atoms with Crippen molar-refractivity contribution in [3.8, 4) is 0 Å². The molecule has 0 aromatic carbocycles. The summed E-state index contributed by atoms with van der Waals surface area (Å²) in [5, 5.41) is 0. The van der Waals surface area contributed by atoms with Crippen molar-refractivity contribution in [1.29, 1.82) is 0 Å². The monoisotopic (exact) mass is 184 g/mol. The summed E-state index contributed by atoms with van der Waals surface area (Å²) in [6, 6.07) is 0. The van der Waals surface area contributed by atoms with E-state index in [0.29, 0.717) is 17.6 Å². The third-order valence-electron chi connectivity index (χ3n) is 2.64. The summed E-state index contributed by atoms with van der Waals surface area (Å²) < 4.78 is 0. The van der Waals surface area contributed by atoms with Crippen LogP contribution in [0.1, 0.15) is 60.8 Å². The van der Waals surface area contributed by atoms with Crippen LogP contribution in [0.15, 0.2) is 0 Å². The number of rotatable bonds is 5. The van der Waals surface area contributed by atoms with Crippen LogP contribution in [0.25, 0.3) is 0 Å². The molecule has 0 atom stereocenters. The molecule has 0 unspecified atom stereocenters. The molecule has 0 fully saturated rings. The second-order valence-electron chi connectivity index (χ2n) is 5.74. The fourth-order valence-electron chi connectivity index (χ4n) is 2.16. The molecule has 0 heterocycles. The van der Waals surface area contributed by atoms with Gasteiger partial charge in [-0.2, -0.15) is 0 Å². The summed E-state index contributed by atoms with van der Waals surface area (Å²) >= 11 is 0. The van der Waals surface area contributed by atoms with Gasteiger partial charge in [-0.05, 0) is 24.2 Å². The van der Waals surface area contributed by atoms with Crippen molar-refractivity contribution in [2.75, 3.05) is 0 Å². The largest absolute Gasteiger partial charge is 0.300 e. The minimum atomic E-state index is 0.158. The average Bonchev–Trinajstić information content (AvgIpc) is 1.81. The lowest BCUT2D eigenvalue weighted by molar-refractivity contribution is -0.119. The standard InChI is InChI=1S/C12H24O/c1-7-11(3,4)9-12(5,6)8-10(2)13/h7-9H2,1-6H3. The van der Waals surface area contributed by atoms with E-state index >= 15 is 0 Å². The Bertz CT molecular complexity index is 178. The van der Waals surface area contributed by atoms with Crippen molar-refractivity contribution >= 4 is 5.78 Å². The lowest BCUT2D eigenvalue weighted by Crippen LogP contribution is -2.24. The maximum absolute atomic E-state index is 11.0. The van der Waals surface area contributed by atoms with E-state index in [1.807, 2.05) is 0 Å². The molecule has 13 heavy (non-hydrogen) atoms. The molecule has 0 aromatic rings. The summed E-state index contributed by atoms with van der Waals surface area (Å²) in [5.41, 5.74) is 0.518. The molecular formula is C12H24O. The van der Waals surface area contributed by atoms with E-state index in [1.54, 1.807) is 6.92 Å². The van der Waals surface area contributed by atoms with Gasteiger partial charge in [0.25, 0.3) is 0 Å². The SMILES string of the molecule is CCC(C)(C)CC(C)(C)CC(C)=O. The Kier molecular flexibility index (Phi) is 4.15. The van der Waals surface area contributed by atoms with Crippen molar-refractivity contribution in [2.45, 2.75) is 60.8 Å². The molecule has 78 valence electrons. The van der Waals surface area contributed by atoms with Gasteiger partial charge in [0.15, 0.2) is 0 Å². The van der Waals surface area contributed by atoms with Gasteiger partial charge in [-0.3, -0.25) is 0 Å². The fourth-order valence-corrected chi connectivity index (χ4v) is 2.16. The molecule has 0 aliphatic heterocycles. The summed E-state index contributed by atoms with van der Waals surface area (Å²) in [5.74, 6) is 0.303. The Morgan fingerprint density at radius 2 is 1.54 bits per heavy atom. The predicted octanol–water partition coefficient (Wildman–Crippen LogP) is 3.82. The Hall–Kier alpha value is -0.330. The molecule has 1 heteroatoms. The molecule has 0 saturated carbocycles. The van der Waals surface area contributed by atoms with Crippen LogP contribution >= 0.6 is 0 Å². The smallest absolute Gasteiger partial charge is 0.130 e. The number of ketones is 1. The van der Waals surface area contributed by atoms with E-state index in [0.717, 1.165) is 6.42 Å². The first-order valence-corrected chi connectivity index (χ1v) is 5.18. The van der Waals surface area contributed by atoms with Crippen LogP contribution in [0.2, 0.25) is 0 Å². The van der Waals surface area contributed by atoms with Gasteiger partial charge < -0.3 is 4.79 Å². The molecule has 0 rings (SSSR count). The van der Waals surface area contributed by atoms with Gasteiger partial charge in [0.2, 0.25) is 0 Å². The van der Waals surface area contributed by atoms with Gasteiger partial charge in [-0.15, -0.1) is 0 Å². The van der Waals surface area contributed by atoms with E-state index in [2.05, 4.69) is 34.6 Å². The molecular weight excluding hydrogens is 160 g/mol. The van der Waals surface area contributed by atoms with Gasteiger partial charge in [0.1, 0.15) is 5.78 Å². The molecule has 0 spiro atoms. The van der Waals surface area contributed by atoms with E-state index in [4.69, 9.17) is 0 Å². The van der Waals surface area contributed by atoms with Gasteiger partial charge >= 0.3 is 0 Å².